The molecule has 0 bridgehead atoms. The number of methoxy groups -OCH3 is 1. The Morgan fingerprint density at radius 1 is 1.17 bits per heavy atom. The van der Waals surface area contributed by atoms with Crippen molar-refractivity contribution in [3.63, 3.8) is 0 Å². The molecule has 1 aliphatic heterocycles. The molecule has 12 nitrogen and oxygen atoms in total. The van der Waals surface area contributed by atoms with Gasteiger partial charge in [-0.1, -0.05) is 12.1 Å². The quantitative estimate of drug-likeness (QED) is 0.200. The van der Waals surface area contributed by atoms with E-state index in [1.807, 2.05) is 0 Å². The van der Waals surface area contributed by atoms with E-state index in [1.165, 1.54) is 32.2 Å². The molecule has 2 aromatic carbocycles. The maximum atomic E-state index is 13.6. The molecule has 14 heteroatoms. The Balaban J connectivity index is 0.00000189. The molecule has 3 aliphatic rings. The van der Waals surface area contributed by atoms with Crippen LogP contribution < -0.4 is 4.74 Å². The van der Waals surface area contributed by atoms with Crippen molar-refractivity contribution in [2.75, 3.05) is 13.7 Å². The zero-order valence-corrected chi connectivity index (χ0v) is 23.6. The monoisotopic (exact) mass is 637 g/mol. The molecule has 2 aromatic rings. The summed E-state index contributed by atoms with van der Waals surface area (Å²) in [5.41, 5.74) is 4.39. The Morgan fingerprint density at radius 2 is 1.83 bits per heavy atom. The van der Waals surface area contributed by atoms with Crippen molar-refractivity contribution in [1.29, 1.82) is 0 Å². The summed E-state index contributed by atoms with van der Waals surface area (Å²) in [5, 5.41) is 53.6. The third kappa shape index (κ3) is 5.13. The van der Waals surface area contributed by atoms with E-state index >= 15 is 0 Å². The molecule has 0 radical (unpaired) electrons. The van der Waals surface area contributed by atoms with Gasteiger partial charge in [-0.2, -0.15) is 0 Å². The number of aromatic hydroxyl groups is 2. The summed E-state index contributed by atoms with van der Waals surface area (Å²) >= 11 is 3.77. The number of ketones is 3. The number of carbonyl (C=O) groups is 3. The van der Waals surface area contributed by atoms with Crippen molar-refractivity contribution in [2.24, 2.45) is 0 Å². The van der Waals surface area contributed by atoms with Gasteiger partial charge in [-0.3, -0.25) is 14.4 Å². The van der Waals surface area contributed by atoms with Gasteiger partial charge in [-0.25, -0.2) is 0 Å². The first-order valence-corrected chi connectivity index (χ1v) is 13.9. The van der Waals surface area contributed by atoms with Gasteiger partial charge in [0, 0.05) is 29.5 Å². The van der Waals surface area contributed by atoms with Gasteiger partial charge in [0.15, 0.2) is 17.9 Å². The van der Waals surface area contributed by atoms with Crippen molar-refractivity contribution in [3.05, 3.63) is 57.3 Å². The number of aliphatic hydroxyl groups is 3. The van der Waals surface area contributed by atoms with Crippen molar-refractivity contribution in [2.45, 2.75) is 62.4 Å². The average Bonchev–Trinajstić information content (AvgIpc) is 2.96. The molecule has 0 spiro atoms. The van der Waals surface area contributed by atoms with Crippen LogP contribution in [0.2, 0.25) is 0 Å². The molecule has 1 saturated heterocycles. The zero-order chi connectivity index (χ0) is 30.4. The first kappa shape index (κ1) is 31.3. The van der Waals surface area contributed by atoms with Gasteiger partial charge in [-0.05, 0) is 19.4 Å². The summed E-state index contributed by atoms with van der Waals surface area (Å²) in [4.78, 5) is 39.7. The molecule has 5 rings (SSSR count). The number of benzene rings is 2. The number of aliphatic hydroxyl groups excluding tert-OH is 2. The summed E-state index contributed by atoms with van der Waals surface area (Å²) in [6, 6.07) is 3.37. The third-order valence-corrected chi connectivity index (χ3v) is 7.76. The molecule has 0 saturated carbocycles. The van der Waals surface area contributed by atoms with Crippen LogP contribution >= 0.6 is 10.6 Å². The number of fused-ring (bicyclic) bond motifs is 3. The summed E-state index contributed by atoms with van der Waals surface area (Å²) < 4.78 is 16.9. The van der Waals surface area contributed by atoms with E-state index in [1.54, 1.807) is 0 Å². The molecule has 6 atom stereocenters. The molecule has 225 valence electrons. The van der Waals surface area contributed by atoms with Gasteiger partial charge in [0.2, 0.25) is 5.78 Å². The number of Topliss-reactive ketones (excluding diaryl/α,β-unsaturated/α-hetero) is 1. The number of nitrogens with one attached hydrogen (secondary N) is 1. The van der Waals surface area contributed by atoms with Crippen molar-refractivity contribution >= 4 is 27.9 Å². The van der Waals surface area contributed by atoms with E-state index in [-0.39, 0.29) is 34.4 Å². The summed E-state index contributed by atoms with van der Waals surface area (Å²) in [6.45, 7) is 0.510. The van der Waals surface area contributed by atoms with Gasteiger partial charge in [-0.15, -0.1) is 6.04 Å². The topological polar surface area (TPSA) is 204 Å². The number of rotatable bonds is 5. The fourth-order valence-electron chi connectivity index (χ4n) is 5.71. The molecular weight excluding hydrogens is 610 g/mol. The molecule has 2 aliphatic carbocycles. The summed E-state index contributed by atoms with van der Waals surface area (Å²) in [6.07, 6.45) is -5.53. The normalized spacial score (nSPS) is 28.5. The van der Waals surface area contributed by atoms with Crippen molar-refractivity contribution in [3.8, 4) is 17.2 Å². The first-order chi connectivity index (χ1) is 19.4. The Bertz CT molecular complexity index is 1410. The van der Waals surface area contributed by atoms with E-state index in [0.29, 0.717) is 0 Å². The minimum absolute atomic E-state index is 0.0588. The van der Waals surface area contributed by atoms with Gasteiger partial charge in [0.05, 0.1) is 42.1 Å². The minimum atomic E-state index is -2.26. The summed E-state index contributed by atoms with van der Waals surface area (Å²) in [7, 11) is 4.96. The summed E-state index contributed by atoms with van der Waals surface area (Å²) in [5.74, 6) is -3.84. The van der Waals surface area contributed by atoms with Crippen LogP contribution in [-0.2, 0) is 35.1 Å². The van der Waals surface area contributed by atoms with Crippen molar-refractivity contribution < 1.29 is 68.5 Å². The number of phenolic OH excluding ortho intramolecular Hbond substituents is 2. The molecule has 6 N–H and O–H groups in total. The van der Waals surface area contributed by atoms with Gasteiger partial charge in [0.25, 0.3) is 0 Å². The fourth-order valence-corrected chi connectivity index (χ4v) is 5.71. The van der Waals surface area contributed by atoms with E-state index in [4.69, 9.17) is 19.9 Å². The fraction of sp³-hybridized carbons (Fsp3) is 0.444. The Morgan fingerprint density at radius 3 is 2.44 bits per heavy atom. The van der Waals surface area contributed by atoms with Crippen LogP contribution in [0.25, 0.3) is 5.73 Å². The number of hydrogen-bond donors (Lipinski definition) is 5. The van der Waals surface area contributed by atoms with E-state index < -0.39 is 95.7 Å². The molecular formula is C27H28CuNO11S-. The zero-order valence-electron chi connectivity index (χ0n) is 21.8. The third-order valence-electron chi connectivity index (χ3n) is 7.76. The van der Waals surface area contributed by atoms with Gasteiger partial charge < -0.3 is 45.5 Å². The second-order valence-corrected chi connectivity index (χ2v) is 10.1. The van der Waals surface area contributed by atoms with Crippen LogP contribution in [0.5, 0.6) is 17.2 Å². The molecule has 0 aromatic heterocycles. The predicted octanol–water partition coefficient (Wildman–Crippen LogP) is 1.74. The number of carbonyl (C=O) groups excluding carboxylic acids is 3. The van der Waals surface area contributed by atoms with E-state index in [0.717, 1.165) is 0 Å². The molecule has 0 amide bonds. The van der Waals surface area contributed by atoms with Crippen molar-refractivity contribution in [1.82, 2.24) is 0 Å². The van der Waals surface area contributed by atoms with Crippen LogP contribution in [0.3, 0.4) is 0 Å². The Labute approximate surface area is 246 Å². The molecule has 1 fully saturated rings. The van der Waals surface area contributed by atoms with Gasteiger partial charge >= 0.3 is 24.9 Å². The number of phenols is 2. The van der Waals surface area contributed by atoms with Gasteiger partial charge in [0.1, 0.15) is 29.5 Å². The molecule has 4 unspecified atom stereocenters. The van der Waals surface area contributed by atoms with Crippen LogP contribution in [0.4, 0.5) is 0 Å². The molecule has 41 heavy (non-hydrogen) atoms. The predicted molar refractivity (Wildman–Crippen MR) is 139 cm³/mol. The Hall–Kier alpha value is -2.65. The van der Waals surface area contributed by atoms with Crippen LogP contribution in [-0.4, -0.2) is 86.7 Å². The molecule has 1 heterocycles. The second kappa shape index (κ2) is 11.9. The maximum absolute atomic E-state index is 13.6. The number of hydrogen-bond acceptors (Lipinski definition) is 12. The SMILES string of the molecule is COc1cccc2c1C(=O)c1c(O)c3c(c(O)c1C2=O)C[C@@](O)(C(=O)CO)C[C@@H]3OC1CC([NH-])C(O)C(C)O1.[S]=[Cu]. The van der Waals surface area contributed by atoms with Crippen LogP contribution in [0.1, 0.15) is 68.8 Å². The van der Waals surface area contributed by atoms with E-state index in [2.05, 4.69) is 24.9 Å². The van der Waals surface area contributed by atoms with Crippen LogP contribution in [0, 0.1) is 0 Å². The van der Waals surface area contributed by atoms with Crippen LogP contribution in [0.15, 0.2) is 18.2 Å². The number of ether oxygens (including phenoxy) is 3. The standard InChI is InChI=1S/C27H28NO11.Cu.S/c1-10-22(31)13(28)6-17(38-10)39-15-8-27(36,16(30)9-29)7-12-19(15)26(35)21-20(24(12)33)23(32)11-4-3-5-14(37-2)18(11)25(21)34;;/h3-5,10,13,15,17,22,28-29,31,33,35-36H,6-9H2,1-2H3;;/q-1;;/t10?,13?,15-,17?,22?,27-;;/m0../s1. The van der Waals surface area contributed by atoms with E-state index in [9.17, 15) is 39.9 Å². The average molecular weight is 638 g/mol. The second-order valence-electron chi connectivity index (χ2n) is 10.1. The Kier molecular flexibility index (Phi) is 9.09. The first-order valence-electron chi connectivity index (χ1n) is 12.5.